The average Bonchev–Trinajstić information content (AvgIpc) is 2.32. The van der Waals surface area contributed by atoms with Gasteiger partial charge in [0.05, 0.1) is 11.6 Å². The van der Waals surface area contributed by atoms with E-state index in [9.17, 15) is 4.39 Å². The summed E-state index contributed by atoms with van der Waals surface area (Å²) in [4.78, 5) is 2.30. The lowest BCUT2D eigenvalue weighted by Crippen LogP contribution is -2.39. The molecular formula is C15H21FN2O. The number of ether oxygens (including phenoxy) is 1. The summed E-state index contributed by atoms with van der Waals surface area (Å²) < 4.78 is 18.7. The predicted molar refractivity (Wildman–Crippen MR) is 73.6 cm³/mol. The maximum Gasteiger partial charge on any atom is 0.128 e. The highest BCUT2D eigenvalue weighted by molar-refractivity contribution is 5.36. The first kappa shape index (κ1) is 15.5. The number of rotatable bonds is 6. The molecular weight excluding hydrogens is 243 g/mol. The van der Waals surface area contributed by atoms with Crippen molar-refractivity contribution in [1.82, 2.24) is 4.90 Å². The van der Waals surface area contributed by atoms with Crippen molar-refractivity contribution >= 4 is 0 Å². The van der Waals surface area contributed by atoms with Crippen molar-refractivity contribution in [1.29, 1.82) is 5.26 Å². The molecule has 0 aliphatic heterocycles. The summed E-state index contributed by atoms with van der Waals surface area (Å²) in [6, 6.07) is 6.84. The molecule has 0 saturated heterocycles. The zero-order valence-corrected chi connectivity index (χ0v) is 12.0. The summed E-state index contributed by atoms with van der Waals surface area (Å²) in [5.41, 5.74) is 0.277. The summed E-state index contributed by atoms with van der Waals surface area (Å²) in [5.74, 6) is -0.0392. The van der Waals surface area contributed by atoms with Gasteiger partial charge in [0, 0.05) is 24.7 Å². The molecule has 1 rings (SSSR count). The van der Waals surface area contributed by atoms with E-state index in [0.29, 0.717) is 24.4 Å². The summed E-state index contributed by atoms with van der Waals surface area (Å²) in [6.07, 6.45) is 0. The van der Waals surface area contributed by atoms with Gasteiger partial charge in [0.25, 0.3) is 0 Å². The molecule has 0 unspecified atom stereocenters. The zero-order chi connectivity index (χ0) is 14.4. The molecule has 0 atom stereocenters. The van der Waals surface area contributed by atoms with E-state index in [-0.39, 0.29) is 5.56 Å². The second-order valence-corrected chi connectivity index (χ2v) is 5.06. The van der Waals surface area contributed by atoms with Crippen LogP contribution in [0.1, 0.15) is 33.3 Å². The third kappa shape index (κ3) is 4.88. The molecule has 0 saturated carbocycles. The van der Waals surface area contributed by atoms with Gasteiger partial charge in [0.2, 0.25) is 0 Å². The molecule has 3 nitrogen and oxygen atoms in total. The maximum absolute atomic E-state index is 13.2. The van der Waals surface area contributed by atoms with Crippen molar-refractivity contribution in [2.24, 2.45) is 0 Å². The molecule has 0 spiro atoms. The van der Waals surface area contributed by atoms with Gasteiger partial charge >= 0.3 is 0 Å². The Bertz CT molecular complexity index is 444. The molecule has 0 N–H and O–H groups in total. The molecule has 0 fully saturated rings. The molecule has 0 aromatic heterocycles. The van der Waals surface area contributed by atoms with Crippen molar-refractivity contribution in [2.45, 2.75) is 39.8 Å². The summed E-state index contributed by atoms with van der Waals surface area (Å²) in [6.45, 7) is 9.79. The highest BCUT2D eigenvalue weighted by Gasteiger charge is 2.13. The van der Waals surface area contributed by atoms with Gasteiger partial charge < -0.3 is 4.74 Å². The largest absolute Gasteiger partial charge is 0.492 e. The Morgan fingerprint density at radius 1 is 1.21 bits per heavy atom. The number of hydrogen-bond acceptors (Lipinski definition) is 3. The van der Waals surface area contributed by atoms with Crippen LogP contribution in [0.25, 0.3) is 0 Å². The Labute approximate surface area is 114 Å². The van der Waals surface area contributed by atoms with E-state index in [1.165, 1.54) is 12.1 Å². The van der Waals surface area contributed by atoms with Crippen LogP contribution in [0.5, 0.6) is 5.75 Å². The van der Waals surface area contributed by atoms with Crippen LogP contribution in [-0.4, -0.2) is 30.1 Å². The minimum atomic E-state index is -0.446. The van der Waals surface area contributed by atoms with Gasteiger partial charge in [-0.2, -0.15) is 5.26 Å². The third-order valence-corrected chi connectivity index (χ3v) is 2.95. The minimum Gasteiger partial charge on any atom is -0.492 e. The fourth-order valence-electron chi connectivity index (χ4n) is 2.09. The van der Waals surface area contributed by atoms with E-state index in [1.807, 2.05) is 6.07 Å². The Morgan fingerprint density at radius 3 is 2.37 bits per heavy atom. The van der Waals surface area contributed by atoms with E-state index in [1.54, 1.807) is 6.07 Å². The van der Waals surface area contributed by atoms with Crippen LogP contribution in [0.4, 0.5) is 4.39 Å². The Hall–Kier alpha value is -1.60. The summed E-state index contributed by atoms with van der Waals surface area (Å²) >= 11 is 0. The molecule has 0 amide bonds. The number of hydrogen-bond donors (Lipinski definition) is 0. The fraction of sp³-hybridized carbons (Fsp3) is 0.533. The maximum atomic E-state index is 13.2. The molecule has 1 aromatic rings. The Balaban J connectivity index is 2.58. The highest BCUT2D eigenvalue weighted by Crippen LogP contribution is 2.16. The van der Waals surface area contributed by atoms with Crippen LogP contribution in [-0.2, 0) is 0 Å². The van der Waals surface area contributed by atoms with Crippen molar-refractivity contribution in [3.05, 3.63) is 29.6 Å². The first-order valence-electron chi connectivity index (χ1n) is 6.53. The first-order valence-corrected chi connectivity index (χ1v) is 6.53. The van der Waals surface area contributed by atoms with Crippen molar-refractivity contribution < 1.29 is 9.13 Å². The van der Waals surface area contributed by atoms with Gasteiger partial charge in [-0.25, -0.2) is 4.39 Å². The first-order chi connectivity index (χ1) is 8.93. The van der Waals surface area contributed by atoms with Gasteiger partial charge in [0.1, 0.15) is 18.2 Å². The normalized spacial score (nSPS) is 11.1. The molecule has 1 aromatic carbocycles. The van der Waals surface area contributed by atoms with Crippen LogP contribution in [0.3, 0.4) is 0 Å². The number of benzene rings is 1. The summed E-state index contributed by atoms with van der Waals surface area (Å²) in [5, 5.41) is 8.77. The lowest BCUT2D eigenvalue weighted by molar-refractivity contribution is 0.142. The number of nitriles is 1. The van der Waals surface area contributed by atoms with Crippen molar-refractivity contribution in [3.8, 4) is 11.8 Å². The lowest BCUT2D eigenvalue weighted by Gasteiger charge is -2.30. The molecule has 0 aliphatic carbocycles. The molecule has 104 valence electrons. The molecule has 0 aliphatic rings. The lowest BCUT2D eigenvalue weighted by atomic mass is 10.2. The van der Waals surface area contributed by atoms with Crippen LogP contribution in [0, 0.1) is 17.1 Å². The molecule has 19 heavy (non-hydrogen) atoms. The van der Waals surface area contributed by atoms with Crippen molar-refractivity contribution in [3.63, 3.8) is 0 Å². The summed E-state index contributed by atoms with van der Waals surface area (Å²) in [7, 11) is 0. The minimum absolute atomic E-state index is 0.277. The van der Waals surface area contributed by atoms with Crippen LogP contribution >= 0.6 is 0 Å². The average molecular weight is 264 g/mol. The van der Waals surface area contributed by atoms with Gasteiger partial charge in [-0.3, -0.25) is 4.90 Å². The smallest absolute Gasteiger partial charge is 0.128 e. The molecule has 0 heterocycles. The Morgan fingerprint density at radius 2 is 1.84 bits per heavy atom. The standard InChI is InChI=1S/C15H21FN2O/c1-11(2)18(12(3)4)5-6-19-15-8-13(10-17)7-14(16)9-15/h7-9,11-12H,5-6H2,1-4H3. The second-order valence-electron chi connectivity index (χ2n) is 5.06. The zero-order valence-electron chi connectivity index (χ0n) is 12.0. The van der Waals surface area contributed by atoms with Gasteiger partial charge in [-0.1, -0.05) is 0 Å². The van der Waals surface area contributed by atoms with Crippen LogP contribution < -0.4 is 4.74 Å². The fourth-order valence-corrected chi connectivity index (χ4v) is 2.09. The topological polar surface area (TPSA) is 36.3 Å². The molecule has 4 heteroatoms. The highest BCUT2D eigenvalue weighted by atomic mass is 19.1. The van der Waals surface area contributed by atoms with E-state index >= 15 is 0 Å². The van der Waals surface area contributed by atoms with Crippen molar-refractivity contribution in [2.75, 3.05) is 13.2 Å². The molecule has 0 radical (unpaired) electrons. The quantitative estimate of drug-likeness (QED) is 0.791. The second kappa shape index (κ2) is 7.10. The third-order valence-electron chi connectivity index (χ3n) is 2.95. The van der Waals surface area contributed by atoms with E-state index in [0.717, 1.165) is 6.54 Å². The van der Waals surface area contributed by atoms with E-state index in [4.69, 9.17) is 10.00 Å². The van der Waals surface area contributed by atoms with Gasteiger partial charge in [0.15, 0.2) is 0 Å². The number of halogens is 1. The number of nitrogens with zero attached hydrogens (tertiary/aromatic N) is 2. The van der Waals surface area contributed by atoms with Crippen LogP contribution in [0.2, 0.25) is 0 Å². The SMILES string of the molecule is CC(C)N(CCOc1cc(F)cc(C#N)c1)C(C)C. The molecule has 0 bridgehead atoms. The van der Waals surface area contributed by atoms with Crippen LogP contribution in [0.15, 0.2) is 18.2 Å². The van der Waals surface area contributed by atoms with E-state index < -0.39 is 5.82 Å². The predicted octanol–water partition coefficient (Wildman–Crippen LogP) is 3.19. The van der Waals surface area contributed by atoms with E-state index in [2.05, 4.69) is 32.6 Å². The van der Waals surface area contributed by atoms with Gasteiger partial charge in [-0.15, -0.1) is 0 Å². The van der Waals surface area contributed by atoms with Gasteiger partial charge in [-0.05, 0) is 39.8 Å². The Kier molecular flexibility index (Phi) is 5.78. The monoisotopic (exact) mass is 264 g/mol.